The van der Waals surface area contributed by atoms with Crippen LogP contribution in [0.15, 0.2) is 70.9 Å². The van der Waals surface area contributed by atoms with E-state index in [9.17, 15) is 8.42 Å². The lowest BCUT2D eigenvalue weighted by atomic mass is 9.95. The van der Waals surface area contributed by atoms with Crippen molar-refractivity contribution in [3.8, 4) is 0 Å². The van der Waals surface area contributed by atoms with Crippen molar-refractivity contribution in [2.75, 3.05) is 6.54 Å². The number of hydrogen-bond donors (Lipinski definition) is 0. The third-order valence-corrected chi connectivity index (χ3v) is 7.54. The minimum atomic E-state index is -3.55. The van der Waals surface area contributed by atoms with Crippen LogP contribution in [0.3, 0.4) is 0 Å². The minimum absolute atomic E-state index is 0.263. The molecule has 1 aromatic heterocycles. The summed E-state index contributed by atoms with van der Waals surface area (Å²) in [5.74, 6) is 0. The lowest BCUT2D eigenvalue weighted by Gasteiger charge is -2.35. The predicted molar refractivity (Wildman–Crippen MR) is 101 cm³/mol. The van der Waals surface area contributed by atoms with Gasteiger partial charge in [0.05, 0.1) is 10.9 Å². The molecule has 3 aromatic rings. The quantitative estimate of drug-likeness (QED) is 0.686. The van der Waals surface area contributed by atoms with Crippen LogP contribution in [0.5, 0.6) is 0 Å². The van der Waals surface area contributed by atoms with Gasteiger partial charge in [-0.1, -0.05) is 48.0 Å². The van der Waals surface area contributed by atoms with Gasteiger partial charge in [0, 0.05) is 11.4 Å². The summed E-state index contributed by atoms with van der Waals surface area (Å²) in [5.41, 5.74) is 3.30. The largest absolute Gasteiger partial charge is 0.243 e. The van der Waals surface area contributed by atoms with Crippen LogP contribution >= 0.6 is 11.3 Å². The summed E-state index contributed by atoms with van der Waals surface area (Å²) in [6.07, 6.45) is 0.765. The number of aryl methyl sites for hydroxylation is 1. The van der Waals surface area contributed by atoms with Gasteiger partial charge in [-0.15, -0.1) is 11.3 Å². The van der Waals surface area contributed by atoms with Crippen molar-refractivity contribution in [3.05, 3.63) is 87.6 Å². The Bertz CT molecular complexity index is 976. The molecule has 3 nitrogen and oxygen atoms in total. The van der Waals surface area contributed by atoms with E-state index in [4.69, 9.17) is 0 Å². The molecule has 4 rings (SSSR count). The van der Waals surface area contributed by atoms with E-state index in [1.54, 1.807) is 39.9 Å². The van der Waals surface area contributed by atoms with Crippen LogP contribution in [0.1, 0.15) is 27.6 Å². The summed E-state index contributed by atoms with van der Waals surface area (Å²) in [6.45, 7) is 2.54. The van der Waals surface area contributed by atoms with Gasteiger partial charge in [-0.3, -0.25) is 0 Å². The van der Waals surface area contributed by atoms with Gasteiger partial charge in [-0.2, -0.15) is 4.31 Å². The SMILES string of the molecule is Cc1ccc(C2c3ccsc3CCN2S(=O)(=O)c2ccccc2)cc1. The van der Waals surface area contributed by atoms with Gasteiger partial charge in [0.2, 0.25) is 10.0 Å². The number of thiophene rings is 1. The van der Waals surface area contributed by atoms with Crippen molar-refractivity contribution in [1.29, 1.82) is 0 Å². The average Bonchev–Trinajstić information content (AvgIpc) is 3.11. The topological polar surface area (TPSA) is 37.4 Å². The van der Waals surface area contributed by atoms with E-state index < -0.39 is 10.0 Å². The molecule has 0 saturated heterocycles. The number of sulfonamides is 1. The maximum Gasteiger partial charge on any atom is 0.243 e. The molecule has 1 aliphatic heterocycles. The highest BCUT2D eigenvalue weighted by atomic mass is 32.2. The van der Waals surface area contributed by atoms with Crippen molar-refractivity contribution in [1.82, 2.24) is 4.31 Å². The first-order valence-corrected chi connectivity index (χ1v) is 10.6. The van der Waals surface area contributed by atoms with E-state index in [1.807, 2.05) is 37.3 Å². The maximum absolute atomic E-state index is 13.3. The highest BCUT2D eigenvalue weighted by molar-refractivity contribution is 7.89. The van der Waals surface area contributed by atoms with Crippen LogP contribution in [-0.4, -0.2) is 19.3 Å². The Labute approximate surface area is 152 Å². The standard InChI is InChI=1S/C20H19NO2S2/c1-15-7-9-16(10-8-15)20-18-12-14-24-19(18)11-13-21(20)25(22,23)17-5-3-2-4-6-17/h2-10,12,14,20H,11,13H2,1H3. The monoisotopic (exact) mass is 369 g/mol. The Hall–Kier alpha value is -1.95. The molecule has 25 heavy (non-hydrogen) atoms. The highest BCUT2D eigenvalue weighted by Crippen LogP contribution is 2.40. The smallest absolute Gasteiger partial charge is 0.207 e. The molecule has 0 spiro atoms. The molecule has 0 saturated carbocycles. The molecular weight excluding hydrogens is 350 g/mol. The fourth-order valence-electron chi connectivity index (χ4n) is 3.37. The van der Waals surface area contributed by atoms with Crippen LogP contribution in [0, 0.1) is 6.92 Å². The fraction of sp³-hybridized carbons (Fsp3) is 0.200. The molecule has 0 bridgehead atoms. The zero-order valence-corrected chi connectivity index (χ0v) is 15.6. The first-order valence-electron chi connectivity index (χ1n) is 8.27. The van der Waals surface area contributed by atoms with Gasteiger partial charge >= 0.3 is 0 Å². The zero-order chi connectivity index (χ0) is 17.4. The van der Waals surface area contributed by atoms with Crippen LogP contribution in [0.25, 0.3) is 0 Å². The lowest BCUT2D eigenvalue weighted by Crippen LogP contribution is -2.40. The highest BCUT2D eigenvalue weighted by Gasteiger charge is 2.37. The van der Waals surface area contributed by atoms with Gasteiger partial charge in [-0.25, -0.2) is 8.42 Å². The number of nitrogens with zero attached hydrogens (tertiary/aromatic N) is 1. The van der Waals surface area contributed by atoms with E-state index in [2.05, 4.69) is 11.4 Å². The summed E-state index contributed by atoms with van der Waals surface area (Å²) >= 11 is 1.71. The van der Waals surface area contributed by atoms with E-state index in [0.717, 1.165) is 17.5 Å². The molecule has 2 heterocycles. The number of rotatable bonds is 3. The van der Waals surface area contributed by atoms with E-state index in [-0.39, 0.29) is 6.04 Å². The van der Waals surface area contributed by atoms with Gasteiger partial charge in [-0.05, 0) is 48.1 Å². The predicted octanol–water partition coefficient (Wildman–Crippen LogP) is 4.39. The molecule has 0 N–H and O–H groups in total. The number of hydrogen-bond acceptors (Lipinski definition) is 3. The summed E-state index contributed by atoms with van der Waals surface area (Å²) < 4.78 is 28.3. The van der Waals surface area contributed by atoms with Crippen molar-refractivity contribution in [2.24, 2.45) is 0 Å². The minimum Gasteiger partial charge on any atom is -0.207 e. The third-order valence-electron chi connectivity index (χ3n) is 4.66. The Morgan fingerprint density at radius 2 is 1.72 bits per heavy atom. The average molecular weight is 370 g/mol. The molecule has 0 fully saturated rings. The Morgan fingerprint density at radius 3 is 2.44 bits per heavy atom. The van der Waals surface area contributed by atoms with E-state index >= 15 is 0 Å². The second kappa shape index (κ2) is 6.41. The van der Waals surface area contributed by atoms with Crippen molar-refractivity contribution in [3.63, 3.8) is 0 Å². The van der Waals surface area contributed by atoms with Gasteiger partial charge < -0.3 is 0 Å². The van der Waals surface area contributed by atoms with Crippen LogP contribution in [-0.2, 0) is 16.4 Å². The lowest BCUT2D eigenvalue weighted by molar-refractivity contribution is 0.347. The first kappa shape index (κ1) is 16.5. The molecule has 0 aliphatic carbocycles. The molecule has 2 aromatic carbocycles. The van der Waals surface area contributed by atoms with E-state index in [0.29, 0.717) is 11.4 Å². The molecule has 128 valence electrons. The summed E-state index contributed by atoms with van der Waals surface area (Å²) in [6, 6.07) is 18.7. The molecule has 0 radical (unpaired) electrons. The maximum atomic E-state index is 13.3. The fourth-order valence-corrected chi connectivity index (χ4v) is 5.89. The molecule has 1 atom stereocenters. The third kappa shape index (κ3) is 2.92. The zero-order valence-electron chi connectivity index (χ0n) is 13.9. The Balaban J connectivity index is 1.85. The Kier molecular flexibility index (Phi) is 4.23. The second-order valence-electron chi connectivity index (χ2n) is 6.29. The van der Waals surface area contributed by atoms with Gasteiger partial charge in [0.1, 0.15) is 0 Å². The summed E-state index contributed by atoms with van der Waals surface area (Å²) in [4.78, 5) is 1.64. The second-order valence-corrected chi connectivity index (χ2v) is 9.18. The van der Waals surface area contributed by atoms with Crippen LogP contribution in [0.4, 0.5) is 0 Å². The van der Waals surface area contributed by atoms with E-state index in [1.165, 1.54) is 10.4 Å². The van der Waals surface area contributed by atoms with Gasteiger partial charge in [0.25, 0.3) is 0 Å². The molecule has 0 amide bonds. The molecular formula is C20H19NO2S2. The first-order chi connectivity index (χ1) is 12.1. The number of benzene rings is 2. The van der Waals surface area contributed by atoms with Crippen molar-refractivity contribution in [2.45, 2.75) is 24.3 Å². The normalized spacial score (nSPS) is 18.0. The molecule has 1 aliphatic rings. The van der Waals surface area contributed by atoms with Crippen LogP contribution in [0.2, 0.25) is 0 Å². The molecule has 1 unspecified atom stereocenters. The van der Waals surface area contributed by atoms with Gasteiger partial charge in [0.15, 0.2) is 0 Å². The molecule has 5 heteroatoms. The van der Waals surface area contributed by atoms with Crippen LogP contribution < -0.4 is 0 Å². The number of fused-ring (bicyclic) bond motifs is 1. The summed E-state index contributed by atoms with van der Waals surface area (Å²) in [7, 11) is -3.55. The van der Waals surface area contributed by atoms with Crippen molar-refractivity contribution >= 4 is 21.4 Å². The summed E-state index contributed by atoms with van der Waals surface area (Å²) in [5, 5.41) is 2.06. The van der Waals surface area contributed by atoms with Crippen molar-refractivity contribution < 1.29 is 8.42 Å². The Morgan fingerprint density at radius 1 is 1.00 bits per heavy atom.